The smallest absolute Gasteiger partial charge is 0.223 e. The number of benzene rings is 1. The zero-order chi connectivity index (χ0) is 15.7. The third kappa shape index (κ3) is 2.93. The van der Waals surface area contributed by atoms with Gasteiger partial charge in [0.25, 0.3) is 0 Å². The van der Waals surface area contributed by atoms with Gasteiger partial charge in [-0.15, -0.1) is 11.3 Å². The Bertz CT molecular complexity index is 808. The summed E-state index contributed by atoms with van der Waals surface area (Å²) in [5, 5.41) is 7.01. The third-order valence-corrected chi connectivity index (χ3v) is 4.64. The van der Waals surface area contributed by atoms with Crippen molar-refractivity contribution in [3.8, 4) is 0 Å². The molecule has 0 saturated carbocycles. The summed E-state index contributed by atoms with van der Waals surface area (Å²) in [5.41, 5.74) is 0.731. The Morgan fingerprint density at radius 1 is 1.41 bits per heavy atom. The van der Waals surface area contributed by atoms with Crippen molar-refractivity contribution in [1.82, 2.24) is 15.0 Å². The van der Waals surface area contributed by atoms with Crippen LogP contribution in [0.3, 0.4) is 0 Å². The fourth-order valence-corrected chi connectivity index (χ4v) is 3.10. The molecule has 2 heterocycles. The zero-order valence-corrected chi connectivity index (χ0v) is 13.6. The summed E-state index contributed by atoms with van der Waals surface area (Å²) in [4.78, 5) is 18.7. The Kier molecular flexibility index (Phi) is 4.04. The number of nitrogens with zero attached hydrogens (tertiary/aromatic N) is 3. The minimum absolute atomic E-state index is 0.0933. The van der Waals surface area contributed by atoms with Gasteiger partial charge in [-0.3, -0.25) is 9.69 Å². The van der Waals surface area contributed by atoms with Crippen LogP contribution in [0.2, 0.25) is 0 Å². The van der Waals surface area contributed by atoms with Gasteiger partial charge in [0.2, 0.25) is 5.89 Å². The number of Topliss-reactive ketones (excluding diaryl/α,β-unsaturated/α-hetero) is 1. The fraction of sp³-hybridized carbons (Fsp3) is 0.312. The molecule has 0 aliphatic carbocycles. The van der Waals surface area contributed by atoms with Gasteiger partial charge < -0.3 is 4.52 Å². The van der Waals surface area contributed by atoms with Gasteiger partial charge in [0.15, 0.2) is 11.6 Å². The topological polar surface area (TPSA) is 59.2 Å². The summed E-state index contributed by atoms with van der Waals surface area (Å²) in [5.74, 6) is 1.22. The van der Waals surface area contributed by atoms with E-state index in [1.807, 2.05) is 48.5 Å². The van der Waals surface area contributed by atoms with Crippen molar-refractivity contribution < 1.29 is 9.32 Å². The van der Waals surface area contributed by atoms with Crippen molar-refractivity contribution >= 4 is 27.2 Å². The van der Waals surface area contributed by atoms with Crippen molar-refractivity contribution in [2.45, 2.75) is 26.4 Å². The van der Waals surface area contributed by atoms with Gasteiger partial charge in [0.1, 0.15) is 0 Å². The molecule has 1 unspecified atom stereocenters. The number of ketones is 1. The Morgan fingerprint density at radius 2 is 2.23 bits per heavy atom. The van der Waals surface area contributed by atoms with Gasteiger partial charge in [0.05, 0.1) is 12.6 Å². The van der Waals surface area contributed by atoms with E-state index >= 15 is 0 Å². The number of hydrogen-bond donors (Lipinski definition) is 0. The minimum atomic E-state index is -0.255. The summed E-state index contributed by atoms with van der Waals surface area (Å²) in [6.07, 6.45) is 0. The number of carbonyl (C=O) groups is 1. The molecule has 0 fully saturated rings. The molecule has 114 valence electrons. The average Bonchev–Trinajstić information content (AvgIpc) is 3.13. The van der Waals surface area contributed by atoms with Crippen molar-refractivity contribution in [2.75, 3.05) is 7.05 Å². The first-order chi connectivity index (χ1) is 10.5. The number of thiophene rings is 1. The minimum Gasteiger partial charge on any atom is -0.340 e. The molecule has 1 aromatic carbocycles. The van der Waals surface area contributed by atoms with Crippen LogP contribution in [-0.4, -0.2) is 33.9 Å². The molecular weight excluding hydrogens is 298 g/mol. The molecule has 0 aliphatic heterocycles. The van der Waals surface area contributed by atoms with E-state index in [9.17, 15) is 4.79 Å². The van der Waals surface area contributed by atoms with Crippen LogP contribution >= 0.6 is 11.3 Å². The maximum atomic E-state index is 12.6. The predicted molar refractivity (Wildman–Crippen MR) is 86.1 cm³/mol. The molecule has 0 spiro atoms. The van der Waals surface area contributed by atoms with E-state index in [0.717, 1.165) is 10.9 Å². The maximum absolute atomic E-state index is 12.6. The SMILES string of the molecule is Cc1nc(CN(C)C(C)C(=O)c2ccc3sccc3c2)no1. The van der Waals surface area contributed by atoms with Crippen LogP contribution in [-0.2, 0) is 6.54 Å². The highest BCUT2D eigenvalue weighted by atomic mass is 32.1. The van der Waals surface area contributed by atoms with E-state index in [4.69, 9.17) is 4.52 Å². The van der Waals surface area contributed by atoms with Crippen molar-refractivity contribution in [1.29, 1.82) is 0 Å². The van der Waals surface area contributed by atoms with Crippen LogP contribution in [0.15, 0.2) is 34.2 Å². The van der Waals surface area contributed by atoms with E-state index in [-0.39, 0.29) is 11.8 Å². The first kappa shape index (κ1) is 14.9. The maximum Gasteiger partial charge on any atom is 0.223 e. The van der Waals surface area contributed by atoms with E-state index in [1.54, 1.807) is 18.3 Å². The Morgan fingerprint density at radius 3 is 2.95 bits per heavy atom. The van der Waals surface area contributed by atoms with Crippen molar-refractivity contribution in [3.63, 3.8) is 0 Å². The average molecular weight is 315 g/mol. The first-order valence-corrected chi connectivity index (χ1v) is 7.93. The summed E-state index contributed by atoms with van der Waals surface area (Å²) >= 11 is 1.68. The molecule has 1 atom stereocenters. The van der Waals surface area contributed by atoms with Crippen molar-refractivity contribution in [2.24, 2.45) is 0 Å². The standard InChI is InChI=1S/C16H17N3O2S/c1-10(19(3)9-15-17-11(2)21-18-15)16(20)13-4-5-14-12(8-13)6-7-22-14/h4-8,10H,9H2,1-3H3. The summed E-state index contributed by atoms with van der Waals surface area (Å²) < 4.78 is 6.15. The highest BCUT2D eigenvalue weighted by molar-refractivity contribution is 7.17. The summed E-state index contributed by atoms with van der Waals surface area (Å²) in [6.45, 7) is 4.12. The number of fused-ring (bicyclic) bond motifs is 1. The lowest BCUT2D eigenvalue weighted by Gasteiger charge is -2.22. The largest absolute Gasteiger partial charge is 0.340 e. The molecule has 3 rings (SSSR count). The van der Waals surface area contributed by atoms with E-state index in [2.05, 4.69) is 10.1 Å². The monoisotopic (exact) mass is 315 g/mol. The molecule has 0 amide bonds. The lowest BCUT2D eigenvalue weighted by molar-refractivity contribution is 0.0859. The molecule has 0 N–H and O–H groups in total. The summed E-state index contributed by atoms with van der Waals surface area (Å²) in [7, 11) is 1.89. The molecule has 0 aliphatic rings. The summed E-state index contributed by atoms with van der Waals surface area (Å²) in [6, 6.07) is 7.63. The molecule has 2 aromatic heterocycles. The number of aryl methyl sites for hydroxylation is 1. The van der Waals surface area contributed by atoms with Gasteiger partial charge in [-0.25, -0.2) is 0 Å². The normalized spacial score (nSPS) is 12.9. The first-order valence-electron chi connectivity index (χ1n) is 7.05. The molecule has 22 heavy (non-hydrogen) atoms. The molecule has 0 radical (unpaired) electrons. The molecule has 5 nitrogen and oxygen atoms in total. The van der Waals surface area contributed by atoms with Crippen LogP contribution in [0.25, 0.3) is 10.1 Å². The quantitative estimate of drug-likeness (QED) is 0.676. The second-order valence-electron chi connectivity index (χ2n) is 5.36. The highest BCUT2D eigenvalue weighted by Gasteiger charge is 2.21. The number of likely N-dealkylation sites (N-methyl/N-ethyl adjacent to an activating group) is 1. The molecule has 6 heteroatoms. The van der Waals surface area contributed by atoms with Crippen LogP contribution in [0.1, 0.15) is 29.0 Å². The second kappa shape index (κ2) is 5.98. The van der Waals surface area contributed by atoms with E-state index < -0.39 is 0 Å². The Labute approximate surface area is 132 Å². The number of carbonyl (C=O) groups excluding carboxylic acids is 1. The van der Waals surface area contributed by atoms with Crippen LogP contribution < -0.4 is 0 Å². The zero-order valence-electron chi connectivity index (χ0n) is 12.7. The van der Waals surface area contributed by atoms with Gasteiger partial charge in [-0.05, 0) is 49.0 Å². The molecule has 0 bridgehead atoms. The molecule has 0 saturated heterocycles. The van der Waals surface area contributed by atoms with Crippen molar-refractivity contribution in [3.05, 3.63) is 46.9 Å². The lowest BCUT2D eigenvalue weighted by Crippen LogP contribution is -2.35. The van der Waals surface area contributed by atoms with Crippen LogP contribution in [0, 0.1) is 6.92 Å². The Hall–Kier alpha value is -2.05. The van der Waals surface area contributed by atoms with Crippen LogP contribution in [0.5, 0.6) is 0 Å². The third-order valence-electron chi connectivity index (χ3n) is 3.74. The number of rotatable bonds is 5. The van der Waals surface area contributed by atoms with E-state index in [0.29, 0.717) is 18.3 Å². The lowest BCUT2D eigenvalue weighted by atomic mass is 10.0. The number of hydrogen-bond acceptors (Lipinski definition) is 6. The van der Waals surface area contributed by atoms with Gasteiger partial charge in [-0.1, -0.05) is 5.16 Å². The Balaban J connectivity index is 1.75. The predicted octanol–water partition coefficient (Wildman–Crippen LogP) is 3.30. The van der Waals surface area contributed by atoms with Gasteiger partial charge >= 0.3 is 0 Å². The number of aromatic nitrogens is 2. The molecule has 3 aromatic rings. The van der Waals surface area contributed by atoms with Crippen LogP contribution in [0.4, 0.5) is 0 Å². The fourth-order valence-electron chi connectivity index (χ4n) is 2.33. The van der Waals surface area contributed by atoms with Gasteiger partial charge in [-0.2, -0.15) is 4.98 Å². The second-order valence-corrected chi connectivity index (χ2v) is 6.31. The van der Waals surface area contributed by atoms with E-state index in [1.165, 1.54) is 4.70 Å². The highest BCUT2D eigenvalue weighted by Crippen LogP contribution is 2.23. The van der Waals surface area contributed by atoms with Gasteiger partial charge in [0, 0.05) is 17.2 Å². The molecular formula is C16H17N3O2S.